The molecular weight excluding hydrogens is 594 g/mol. The summed E-state index contributed by atoms with van der Waals surface area (Å²) < 4.78 is 16.7. The van der Waals surface area contributed by atoms with E-state index in [1.54, 1.807) is 77.0 Å². The third kappa shape index (κ3) is 9.96. The van der Waals surface area contributed by atoms with Crippen molar-refractivity contribution < 1.29 is 38.5 Å². The molecule has 2 bridgehead atoms. The number of nitrogens with two attached hydrogens (primary N) is 1. The standard InChI is InChI=1S/C33H49N5O8/c1-18-14-22-27(36-33(37(5)6)38(7)8)24(39)17-23(29(22)41)35-31(42)19(2)12-11-13-25(44-9)30(46-32(34)43)21(4)16-20(3)28(40)26(15-18)45-10/h11-13,16-18,20,25-26,28,30,40H,14-15H2,1-10H3,(H2,34,43)(H,35,42)/b13-11+,19-12-,21-16+/t18-,20+,25+,26+,28-,30+/m1/s1. The van der Waals surface area contributed by atoms with E-state index in [1.165, 1.54) is 20.3 Å². The number of carbonyl (C=O) groups is 4. The van der Waals surface area contributed by atoms with Gasteiger partial charge in [-0.25, -0.2) is 9.79 Å². The minimum atomic E-state index is -1.01. The van der Waals surface area contributed by atoms with Crippen LogP contribution < -0.4 is 11.1 Å². The molecule has 0 aromatic heterocycles. The zero-order valence-electron chi connectivity index (χ0n) is 28.5. The molecule has 0 aromatic carbocycles. The van der Waals surface area contributed by atoms with E-state index in [-0.39, 0.29) is 34.9 Å². The first-order valence-electron chi connectivity index (χ1n) is 15.0. The predicted molar refractivity (Wildman–Crippen MR) is 174 cm³/mol. The SMILES string of the molecule is CO[C@H]1/C=C/C=C(/C)C(=O)NC2=CC(=O)C(N=C(N(C)C)N(C)C)=C(C[C@@H](C)C[C@H](OC)[C@H](O)[C@@H](C)/C=C(\C)[C@@H]1OC(N)=O)C2=O. The number of allylic oxidation sites excluding steroid dienone is 4. The molecule has 0 spiro atoms. The van der Waals surface area contributed by atoms with Crippen molar-refractivity contribution in [2.75, 3.05) is 42.4 Å². The summed E-state index contributed by atoms with van der Waals surface area (Å²) >= 11 is 0. The number of ether oxygens (including phenoxy) is 3. The van der Waals surface area contributed by atoms with Gasteiger partial charge in [-0.3, -0.25) is 14.4 Å². The van der Waals surface area contributed by atoms with E-state index < -0.39 is 53.9 Å². The van der Waals surface area contributed by atoms with Crippen molar-refractivity contribution in [1.82, 2.24) is 15.1 Å². The molecule has 0 unspecified atom stereocenters. The average molecular weight is 644 g/mol. The highest BCUT2D eigenvalue weighted by Gasteiger charge is 2.34. The van der Waals surface area contributed by atoms with Gasteiger partial charge in [0, 0.05) is 65.6 Å². The normalized spacial score (nSPS) is 29.8. The average Bonchev–Trinajstić information content (AvgIpc) is 2.97. The van der Waals surface area contributed by atoms with Gasteiger partial charge in [0.25, 0.3) is 5.91 Å². The Labute approximate surface area is 271 Å². The highest BCUT2D eigenvalue weighted by Crippen LogP contribution is 2.30. The zero-order chi connectivity index (χ0) is 34.9. The van der Waals surface area contributed by atoms with Gasteiger partial charge in [0.2, 0.25) is 17.5 Å². The molecule has 0 fully saturated rings. The summed E-state index contributed by atoms with van der Waals surface area (Å²) in [7, 11) is 10.0. The van der Waals surface area contributed by atoms with E-state index in [0.717, 1.165) is 6.08 Å². The van der Waals surface area contributed by atoms with Crippen LogP contribution in [0.4, 0.5) is 4.79 Å². The zero-order valence-corrected chi connectivity index (χ0v) is 28.5. The van der Waals surface area contributed by atoms with E-state index in [4.69, 9.17) is 19.9 Å². The van der Waals surface area contributed by atoms with Crippen LogP contribution in [0.25, 0.3) is 0 Å². The Kier molecular flexibility index (Phi) is 14.1. The first-order chi connectivity index (χ1) is 21.5. The van der Waals surface area contributed by atoms with Gasteiger partial charge in [-0.1, -0.05) is 38.2 Å². The molecule has 2 aliphatic rings. The van der Waals surface area contributed by atoms with Crippen LogP contribution in [0.1, 0.15) is 40.5 Å². The summed E-state index contributed by atoms with van der Waals surface area (Å²) in [4.78, 5) is 60.3. The number of nitrogens with zero attached hydrogens (tertiary/aromatic N) is 3. The fourth-order valence-electron chi connectivity index (χ4n) is 5.39. The van der Waals surface area contributed by atoms with Crippen molar-refractivity contribution >= 4 is 29.5 Å². The van der Waals surface area contributed by atoms with Crippen LogP contribution in [0.5, 0.6) is 0 Å². The second-order valence-electron chi connectivity index (χ2n) is 12.1. The molecule has 0 aromatic rings. The van der Waals surface area contributed by atoms with Gasteiger partial charge in [0.1, 0.15) is 11.8 Å². The van der Waals surface area contributed by atoms with Crippen LogP contribution in [0.2, 0.25) is 0 Å². The van der Waals surface area contributed by atoms with Gasteiger partial charge in [0.05, 0.1) is 17.9 Å². The van der Waals surface area contributed by atoms with Gasteiger partial charge in [0.15, 0.2) is 6.10 Å². The summed E-state index contributed by atoms with van der Waals surface area (Å²) in [5, 5.41) is 13.9. The van der Waals surface area contributed by atoms with Crippen LogP contribution in [-0.2, 0) is 28.6 Å². The number of amides is 2. The summed E-state index contributed by atoms with van der Waals surface area (Å²) in [6, 6.07) is 0. The van der Waals surface area contributed by atoms with Crippen molar-refractivity contribution in [1.29, 1.82) is 0 Å². The second kappa shape index (κ2) is 17.0. The number of primary amides is 1. The second-order valence-corrected chi connectivity index (χ2v) is 12.1. The Morgan fingerprint density at radius 2 is 1.70 bits per heavy atom. The first kappa shape index (κ1) is 38.1. The van der Waals surface area contributed by atoms with Crippen LogP contribution in [-0.4, -0.2) is 111 Å². The first-order valence-corrected chi connectivity index (χ1v) is 15.0. The number of ketones is 2. The van der Waals surface area contributed by atoms with Gasteiger partial charge in [-0.15, -0.1) is 0 Å². The quantitative estimate of drug-likeness (QED) is 0.179. The number of aliphatic imine (C=N–C) groups is 1. The molecule has 1 aliphatic carbocycles. The van der Waals surface area contributed by atoms with Crippen molar-refractivity contribution in [2.24, 2.45) is 22.6 Å². The molecule has 0 radical (unpaired) electrons. The van der Waals surface area contributed by atoms with E-state index >= 15 is 0 Å². The lowest BCUT2D eigenvalue weighted by molar-refractivity contribution is -0.120. The van der Waals surface area contributed by atoms with Crippen molar-refractivity contribution in [2.45, 2.75) is 65.0 Å². The van der Waals surface area contributed by atoms with Crippen molar-refractivity contribution in [3.63, 3.8) is 0 Å². The predicted octanol–water partition coefficient (Wildman–Crippen LogP) is 2.24. The lowest BCUT2D eigenvalue weighted by Crippen LogP contribution is -2.38. The lowest BCUT2D eigenvalue weighted by Gasteiger charge is -2.30. The minimum Gasteiger partial charge on any atom is -0.439 e. The van der Waals surface area contributed by atoms with Crippen LogP contribution in [0, 0.1) is 11.8 Å². The Hall–Kier alpha value is -4.07. The van der Waals surface area contributed by atoms with E-state index in [0.29, 0.717) is 18.0 Å². The number of hydrogen-bond donors (Lipinski definition) is 3. The number of methoxy groups -OCH3 is 2. The number of fused-ring (bicyclic) bond motifs is 2. The molecule has 4 N–H and O–H groups in total. The highest BCUT2D eigenvalue weighted by atomic mass is 16.6. The van der Waals surface area contributed by atoms with Crippen molar-refractivity contribution in [3.8, 4) is 0 Å². The molecule has 254 valence electrons. The summed E-state index contributed by atoms with van der Waals surface area (Å²) in [6.45, 7) is 6.96. The van der Waals surface area contributed by atoms with E-state index in [1.807, 2.05) is 6.92 Å². The Morgan fingerprint density at radius 1 is 1.07 bits per heavy atom. The summed E-state index contributed by atoms with van der Waals surface area (Å²) in [5.74, 6) is -1.91. The molecule has 6 atom stereocenters. The highest BCUT2D eigenvalue weighted by molar-refractivity contribution is 6.24. The molecule has 46 heavy (non-hydrogen) atoms. The number of nitrogens with one attached hydrogen (secondary N) is 1. The molecule has 2 amide bonds. The van der Waals surface area contributed by atoms with Gasteiger partial charge < -0.3 is 40.2 Å². The van der Waals surface area contributed by atoms with Crippen LogP contribution in [0.15, 0.2) is 63.5 Å². The third-order valence-electron chi connectivity index (χ3n) is 7.78. The maximum atomic E-state index is 13.9. The van der Waals surface area contributed by atoms with Gasteiger partial charge in [-0.2, -0.15) is 0 Å². The number of hydrogen-bond acceptors (Lipinski definition) is 9. The minimum absolute atomic E-state index is 0.0131. The van der Waals surface area contributed by atoms with Crippen LogP contribution in [0.3, 0.4) is 0 Å². The molecule has 13 heteroatoms. The molecule has 1 heterocycles. The summed E-state index contributed by atoms with van der Waals surface area (Å²) in [6.07, 6.45) is 3.57. The van der Waals surface area contributed by atoms with Gasteiger partial charge >= 0.3 is 6.09 Å². The summed E-state index contributed by atoms with van der Waals surface area (Å²) in [5.41, 5.74) is 6.15. The number of carbonyl (C=O) groups excluding carboxylic acids is 4. The number of rotatable bonds is 4. The maximum Gasteiger partial charge on any atom is 0.405 e. The van der Waals surface area contributed by atoms with Gasteiger partial charge in [-0.05, 0) is 38.2 Å². The Bertz CT molecular complexity index is 1350. The van der Waals surface area contributed by atoms with Crippen LogP contribution >= 0.6 is 0 Å². The lowest BCUT2D eigenvalue weighted by atomic mass is 9.85. The van der Waals surface area contributed by atoms with Crippen molar-refractivity contribution in [3.05, 3.63) is 58.5 Å². The number of aliphatic hydroxyl groups excluding tert-OH is 1. The Balaban J connectivity index is 2.73. The largest absolute Gasteiger partial charge is 0.439 e. The fraction of sp³-hybridized carbons (Fsp3) is 0.545. The molecular formula is C33H49N5O8. The number of guanidine groups is 1. The Morgan fingerprint density at radius 3 is 2.24 bits per heavy atom. The van der Waals surface area contributed by atoms with E-state index in [2.05, 4.69) is 10.3 Å². The molecule has 0 saturated carbocycles. The fourth-order valence-corrected chi connectivity index (χ4v) is 5.39. The molecule has 2 rings (SSSR count). The molecule has 1 aliphatic heterocycles. The maximum absolute atomic E-state index is 13.9. The molecule has 13 nitrogen and oxygen atoms in total. The third-order valence-corrected chi connectivity index (χ3v) is 7.78. The van der Waals surface area contributed by atoms with E-state index in [9.17, 15) is 24.3 Å². The monoisotopic (exact) mass is 643 g/mol. The number of Topliss-reactive ketones (excluding diaryl/α,β-unsaturated/α-hetero) is 1. The smallest absolute Gasteiger partial charge is 0.405 e. The molecule has 0 saturated heterocycles. The number of aliphatic hydroxyl groups is 1. The topological polar surface area (TPSA) is 173 Å².